The van der Waals surface area contributed by atoms with Gasteiger partial charge in [0.2, 0.25) is 5.95 Å². The van der Waals surface area contributed by atoms with Gasteiger partial charge in [0.15, 0.2) is 0 Å². The van der Waals surface area contributed by atoms with Crippen molar-refractivity contribution in [3.05, 3.63) is 83.6 Å². The summed E-state index contributed by atoms with van der Waals surface area (Å²) >= 11 is 0. The predicted octanol–water partition coefficient (Wildman–Crippen LogP) is 4.60. The van der Waals surface area contributed by atoms with Crippen LogP contribution in [0.15, 0.2) is 61.1 Å². The number of anilines is 4. The Morgan fingerprint density at radius 3 is 2.72 bits per heavy atom. The highest BCUT2D eigenvalue weighted by atomic mass is 19.1. The van der Waals surface area contributed by atoms with Crippen LogP contribution in [0.2, 0.25) is 0 Å². The van der Waals surface area contributed by atoms with Crippen molar-refractivity contribution in [3.63, 3.8) is 0 Å². The Morgan fingerprint density at radius 2 is 1.97 bits per heavy atom. The number of hydrogen-bond acceptors (Lipinski definition) is 7. The van der Waals surface area contributed by atoms with E-state index in [-0.39, 0.29) is 12.4 Å². The first-order valence-electron chi connectivity index (χ1n) is 9.79. The minimum absolute atomic E-state index is 0.0104. The van der Waals surface area contributed by atoms with Crippen LogP contribution in [0, 0.1) is 24.1 Å². The number of benzene rings is 2. The van der Waals surface area contributed by atoms with Crippen molar-refractivity contribution in [1.29, 1.82) is 5.26 Å². The molecule has 0 saturated heterocycles. The summed E-state index contributed by atoms with van der Waals surface area (Å²) in [5, 5.41) is 20.1. The summed E-state index contributed by atoms with van der Waals surface area (Å²) in [6, 6.07) is 13.7. The maximum atomic E-state index is 13.9. The van der Waals surface area contributed by atoms with Crippen LogP contribution in [0.1, 0.15) is 16.7 Å². The largest absolute Gasteiger partial charge is 0.487 e. The molecule has 2 N–H and O–H groups in total. The summed E-state index contributed by atoms with van der Waals surface area (Å²) in [6.45, 7) is 1.87. The number of nitrogens with zero attached hydrogens (tertiary/aromatic N) is 5. The summed E-state index contributed by atoms with van der Waals surface area (Å²) in [6.07, 6.45) is 5.15. The molecule has 0 saturated carbocycles. The number of ether oxygens (including phenoxy) is 1. The third-order valence-corrected chi connectivity index (χ3v) is 4.66. The number of nitrogens with one attached hydrogen (secondary N) is 2. The quantitative estimate of drug-likeness (QED) is 0.443. The summed E-state index contributed by atoms with van der Waals surface area (Å²) < 4.78 is 21.3. The van der Waals surface area contributed by atoms with Crippen LogP contribution in [-0.2, 0) is 13.7 Å². The van der Waals surface area contributed by atoms with Gasteiger partial charge in [-0.1, -0.05) is 24.3 Å². The van der Waals surface area contributed by atoms with Crippen LogP contribution >= 0.6 is 0 Å². The zero-order valence-corrected chi connectivity index (χ0v) is 17.5. The zero-order valence-electron chi connectivity index (χ0n) is 17.5. The van der Waals surface area contributed by atoms with E-state index in [1.165, 1.54) is 6.07 Å². The van der Waals surface area contributed by atoms with E-state index < -0.39 is 0 Å². The Balaban J connectivity index is 1.56. The predicted molar refractivity (Wildman–Crippen MR) is 118 cm³/mol. The molecule has 0 fully saturated rings. The normalized spacial score (nSPS) is 10.4. The van der Waals surface area contributed by atoms with E-state index in [1.807, 2.05) is 14.0 Å². The van der Waals surface area contributed by atoms with Crippen LogP contribution in [0.5, 0.6) is 5.75 Å². The van der Waals surface area contributed by atoms with E-state index in [0.717, 1.165) is 11.3 Å². The zero-order chi connectivity index (χ0) is 22.5. The van der Waals surface area contributed by atoms with Crippen LogP contribution in [0.4, 0.5) is 27.5 Å². The first-order valence-corrected chi connectivity index (χ1v) is 9.79. The number of aryl methyl sites for hydroxylation is 2. The Bertz CT molecular complexity index is 1300. The lowest BCUT2D eigenvalue weighted by Crippen LogP contribution is -2.05. The van der Waals surface area contributed by atoms with E-state index >= 15 is 0 Å². The Morgan fingerprint density at radius 1 is 1.12 bits per heavy atom. The molecule has 0 aliphatic heterocycles. The van der Waals surface area contributed by atoms with Gasteiger partial charge < -0.3 is 15.4 Å². The standard InChI is InChI=1S/C23H20FN7O/c1-15-11-26-23(28-17-12-27-31(2)13-17)30-22(15)29-20-8-5-9-21(18(20)10-25)32-14-16-6-3-4-7-19(16)24/h3-9,11-13H,14H2,1-2H3,(H2,26,28,29,30). The van der Waals surface area contributed by atoms with Gasteiger partial charge in [-0.05, 0) is 25.1 Å². The lowest BCUT2D eigenvalue weighted by Gasteiger charge is -2.14. The smallest absolute Gasteiger partial charge is 0.229 e. The fourth-order valence-electron chi connectivity index (χ4n) is 3.01. The van der Waals surface area contributed by atoms with E-state index in [1.54, 1.807) is 59.7 Å². The Hall–Kier alpha value is -4.45. The van der Waals surface area contributed by atoms with E-state index in [4.69, 9.17) is 4.74 Å². The SMILES string of the molecule is Cc1cnc(Nc2cnn(C)c2)nc1Nc1cccc(OCc2ccccc2F)c1C#N. The van der Waals surface area contributed by atoms with Crippen LogP contribution < -0.4 is 15.4 Å². The van der Waals surface area contributed by atoms with Gasteiger partial charge in [-0.3, -0.25) is 4.68 Å². The third-order valence-electron chi connectivity index (χ3n) is 4.66. The molecular formula is C23H20FN7O. The van der Waals surface area contributed by atoms with Crippen molar-refractivity contribution in [3.8, 4) is 11.8 Å². The molecule has 0 aliphatic rings. The van der Waals surface area contributed by atoms with Crippen molar-refractivity contribution in [2.75, 3.05) is 10.6 Å². The number of hydrogen-bond donors (Lipinski definition) is 2. The maximum absolute atomic E-state index is 13.9. The van der Waals surface area contributed by atoms with Gasteiger partial charge in [0.1, 0.15) is 35.6 Å². The average Bonchev–Trinajstić information content (AvgIpc) is 3.20. The van der Waals surface area contributed by atoms with Crippen molar-refractivity contribution in [2.24, 2.45) is 7.05 Å². The molecule has 2 heterocycles. The van der Waals surface area contributed by atoms with Gasteiger partial charge in [0.05, 0.1) is 17.6 Å². The minimum atomic E-state index is -0.356. The highest BCUT2D eigenvalue weighted by Gasteiger charge is 2.13. The Labute approximate surface area is 184 Å². The number of rotatable bonds is 7. The molecule has 0 spiro atoms. The molecule has 0 bridgehead atoms. The molecular weight excluding hydrogens is 409 g/mol. The molecule has 2 aromatic heterocycles. The van der Waals surface area contributed by atoms with Crippen molar-refractivity contribution >= 4 is 23.1 Å². The van der Waals surface area contributed by atoms with Gasteiger partial charge in [0.25, 0.3) is 0 Å². The molecule has 0 atom stereocenters. The molecule has 0 aliphatic carbocycles. The number of nitriles is 1. The van der Waals surface area contributed by atoms with E-state index in [2.05, 4.69) is 31.8 Å². The topological polar surface area (TPSA) is 101 Å². The summed E-state index contributed by atoms with van der Waals surface area (Å²) in [5.41, 5.74) is 2.77. The van der Waals surface area contributed by atoms with Gasteiger partial charge in [-0.25, -0.2) is 9.37 Å². The summed E-state index contributed by atoms with van der Waals surface area (Å²) in [4.78, 5) is 8.80. The van der Waals surface area contributed by atoms with Gasteiger partial charge >= 0.3 is 0 Å². The van der Waals surface area contributed by atoms with E-state index in [9.17, 15) is 9.65 Å². The van der Waals surface area contributed by atoms with Gasteiger partial charge in [-0.2, -0.15) is 15.3 Å². The van der Waals surface area contributed by atoms with Crippen LogP contribution in [0.3, 0.4) is 0 Å². The highest BCUT2D eigenvalue weighted by Crippen LogP contribution is 2.30. The first kappa shape index (κ1) is 20.8. The van der Waals surface area contributed by atoms with Gasteiger partial charge in [-0.15, -0.1) is 0 Å². The van der Waals surface area contributed by atoms with Crippen LogP contribution in [0.25, 0.3) is 0 Å². The fraction of sp³-hybridized carbons (Fsp3) is 0.130. The van der Waals surface area contributed by atoms with Crippen molar-refractivity contribution < 1.29 is 9.13 Å². The molecule has 160 valence electrons. The fourth-order valence-corrected chi connectivity index (χ4v) is 3.01. The first-order chi connectivity index (χ1) is 15.5. The lowest BCUT2D eigenvalue weighted by molar-refractivity contribution is 0.299. The molecule has 4 rings (SSSR count). The van der Waals surface area contributed by atoms with Crippen molar-refractivity contribution in [2.45, 2.75) is 13.5 Å². The second-order valence-electron chi connectivity index (χ2n) is 7.05. The number of halogens is 1. The minimum Gasteiger partial charge on any atom is -0.487 e. The molecule has 2 aromatic carbocycles. The van der Waals surface area contributed by atoms with Gasteiger partial charge in [0, 0.05) is 30.6 Å². The molecule has 0 radical (unpaired) electrons. The molecule has 0 unspecified atom stereocenters. The maximum Gasteiger partial charge on any atom is 0.229 e. The Kier molecular flexibility index (Phi) is 5.94. The van der Waals surface area contributed by atoms with Crippen LogP contribution in [-0.4, -0.2) is 19.7 Å². The highest BCUT2D eigenvalue weighted by molar-refractivity contribution is 5.70. The average molecular weight is 429 g/mol. The second-order valence-corrected chi connectivity index (χ2v) is 7.05. The molecule has 0 amide bonds. The second kappa shape index (κ2) is 9.14. The third kappa shape index (κ3) is 4.65. The molecule has 8 nitrogen and oxygen atoms in total. The van der Waals surface area contributed by atoms with Crippen molar-refractivity contribution in [1.82, 2.24) is 19.7 Å². The molecule has 9 heteroatoms. The summed E-state index contributed by atoms with van der Waals surface area (Å²) in [7, 11) is 1.82. The van der Waals surface area contributed by atoms with E-state index in [0.29, 0.717) is 34.3 Å². The number of aromatic nitrogens is 4. The molecule has 4 aromatic rings. The molecule has 32 heavy (non-hydrogen) atoms. The lowest BCUT2D eigenvalue weighted by atomic mass is 10.1. The monoisotopic (exact) mass is 429 g/mol. The summed E-state index contributed by atoms with van der Waals surface area (Å²) in [5.74, 6) is 0.914.